The molecule has 0 radical (unpaired) electrons. The lowest BCUT2D eigenvalue weighted by Gasteiger charge is -2.31. The molecule has 0 aromatic carbocycles. The molecular formula is C14H15F3O9S. The van der Waals surface area contributed by atoms with E-state index in [1.807, 2.05) is 0 Å². The third kappa shape index (κ3) is 3.61. The summed E-state index contributed by atoms with van der Waals surface area (Å²) in [5, 5.41) is 0. The van der Waals surface area contributed by atoms with E-state index in [-0.39, 0.29) is 6.42 Å². The lowest BCUT2D eigenvalue weighted by molar-refractivity contribution is -0.219. The molecule has 3 fully saturated rings. The summed E-state index contributed by atoms with van der Waals surface area (Å²) in [6.45, 7) is 1.10. The summed E-state index contributed by atoms with van der Waals surface area (Å²) in [4.78, 5) is 35.7. The summed E-state index contributed by atoms with van der Waals surface area (Å²) in [6.07, 6.45) is -9.89. The highest BCUT2D eigenvalue weighted by Crippen LogP contribution is 2.59. The van der Waals surface area contributed by atoms with Gasteiger partial charge in [0, 0.05) is 18.8 Å². The number of halogens is 3. The predicted molar refractivity (Wildman–Crippen MR) is 76.4 cm³/mol. The van der Waals surface area contributed by atoms with E-state index in [2.05, 4.69) is 4.74 Å². The van der Waals surface area contributed by atoms with Gasteiger partial charge in [0.15, 0.2) is 0 Å². The van der Waals surface area contributed by atoms with Crippen LogP contribution in [0.2, 0.25) is 0 Å². The van der Waals surface area contributed by atoms with Gasteiger partial charge < -0.3 is 14.2 Å². The van der Waals surface area contributed by atoms with Gasteiger partial charge in [-0.25, -0.2) is 0 Å². The van der Waals surface area contributed by atoms with Crippen molar-refractivity contribution in [2.75, 3.05) is 5.75 Å². The Kier molecular flexibility index (Phi) is 4.65. The monoisotopic (exact) mass is 416 g/mol. The fourth-order valence-electron chi connectivity index (χ4n) is 4.27. The molecule has 0 aromatic heterocycles. The molecule has 0 amide bonds. The number of esters is 3. The fraction of sp³-hybridized carbons (Fsp3) is 0.786. The van der Waals surface area contributed by atoms with Crippen molar-refractivity contribution in [2.24, 2.45) is 23.7 Å². The van der Waals surface area contributed by atoms with Gasteiger partial charge in [-0.3, -0.25) is 18.9 Å². The maximum Gasteiger partial charge on any atom is 0.426 e. The summed E-state index contributed by atoms with van der Waals surface area (Å²) in [7, 11) is -5.09. The molecule has 7 atom stereocenters. The highest BCUT2D eigenvalue weighted by atomic mass is 32.2. The molecule has 2 saturated carbocycles. The first kappa shape index (κ1) is 19.9. The molecule has 2 aliphatic carbocycles. The summed E-state index contributed by atoms with van der Waals surface area (Å²) < 4.78 is 83.7. The molecule has 0 spiro atoms. The van der Waals surface area contributed by atoms with Crippen LogP contribution in [0.15, 0.2) is 0 Å². The number of carbonyl (C=O) groups is 3. The minimum Gasteiger partial charge on any atom is -0.458 e. The van der Waals surface area contributed by atoms with Crippen LogP contribution in [0.25, 0.3) is 0 Å². The van der Waals surface area contributed by atoms with E-state index in [0.29, 0.717) is 0 Å². The molecule has 2 bridgehead atoms. The zero-order valence-electron chi connectivity index (χ0n) is 13.7. The Morgan fingerprint density at radius 2 is 1.96 bits per heavy atom. The lowest BCUT2D eigenvalue weighted by atomic mass is 9.78. The Morgan fingerprint density at radius 3 is 2.48 bits per heavy atom. The van der Waals surface area contributed by atoms with Crippen molar-refractivity contribution in [1.82, 2.24) is 0 Å². The van der Waals surface area contributed by atoms with Crippen molar-refractivity contribution >= 4 is 28.0 Å². The molecule has 1 N–H and O–H groups in total. The summed E-state index contributed by atoms with van der Waals surface area (Å²) in [6, 6.07) is 0. The molecule has 1 saturated heterocycles. The normalized spacial score (nSPS) is 35.7. The van der Waals surface area contributed by atoms with E-state index in [1.165, 1.54) is 0 Å². The van der Waals surface area contributed by atoms with Crippen LogP contribution in [0.1, 0.15) is 13.3 Å². The van der Waals surface area contributed by atoms with Crippen LogP contribution in [-0.4, -0.2) is 61.1 Å². The number of hydrogen-bond donors (Lipinski definition) is 1. The quantitative estimate of drug-likeness (QED) is 0.376. The van der Waals surface area contributed by atoms with Crippen LogP contribution in [0.4, 0.5) is 13.2 Å². The van der Waals surface area contributed by atoms with Crippen LogP contribution >= 0.6 is 0 Å². The van der Waals surface area contributed by atoms with E-state index < -0.39 is 81.9 Å². The molecule has 13 heteroatoms. The van der Waals surface area contributed by atoms with Crippen LogP contribution < -0.4 is 0 Å². The summed E-state index contributed by atoms with van der Waals surface area (Å²) in [5.41, 5.74) is 0. The number of carbonyl (C=O) groups excluding carboxylic acids is 3. The third-order valence-corrected chi connectivity index (χ3v) is 5.83. The SMILES string of the molecule is CC(=O)OC1C2CC3C1OC(=O)C3C2C(=O)OC(CS(=O)(=O)O)C(F)(F)F. The third-order valence-electron chi connectivity index (χ3n) is 5.11. The Morgan fingerprint density at radius 1 is 1.33 bits per heavy atom. The number of ether oxygens (including phenoxy) is 3. The van der Waals surface area contributed by atoms with E-state index in [9.17, 15) is 36.0 Å². The van der Waals surface area contributed by atoms with Gasteiger partial charge >= 0.3 is 24.1 Å². The smallest absolute Gasteiger partial charge is 0.426 e. The van der Waals surface area contributed by atoms with Gasteiger partial charge in [0.25, 0.3) is 10.1 Å². The number of rotatable bonds is 5. The maximum absolute atomic E-state index is 13.0. The van der Waals surface area contributed by atoms with Gasteiger partial charge in [0.2, 0.25) is 6.10 Å². The average molecular weight is 416 g/mol. The van der Waals surface area contributed by atoms with Crippen LogP contribution in [0.5, 0.6) is 0 Å². The van der Waals surface area contributed by atoms with Crippen LogP contribution in [-0.2, 0) is 38.7 Å². The molecule has 27 heavy (non-hydrogen) atoms. The van der Waals surface area contributed by atoms with Gasteiger partial charge in [0.05, 0.1) is 11.8 Å². The number of alkyl halides is 3. The van der Waals surface area contributed by atoms with Crippen molar-refractivity contribution in [3.05, 3.63) is 0 Å². The van der Waals surface area contributed by atoms with Gasteiger partial charge in [-0.1, -0.05) is 0 Å². The minimum atomic E-state index is -5.25. The first-order chi connectivity index (χ1) is 12.3. The Hall–Kier alpha value is -1.89. The van der Waals surface area contributed by atoms with Crippen molar-refractivity contribution in [1.29, 1.82) is 0 Å². The second-order valence-electron chi connectivity index (χ2n) is 6.81. The predicted octanol–water partition coefficient (Wildman–Crippen LogP) is 0.0875. The highest BCUT2D eigenvalue weighted by Gasteiger charge is 2.70. The van der Waals surface area contributed by atoms with Crippen molar-refractivity contribution in [3.8, 4) is 0 Å². The van der Waals surface area contributed by atoms with E-state index in [0.717, 1.165) is 6.92 Å². The summed E-state index contributed by atoms with van der Waals surface area (Å²) in [5.74, 6) is -8.53. The molecule has 3 aliphatic rings. The maximum atomic E-state index is 13.0. The molecule has 0 aromatic rings. The molecule has 152 valence electrons. The second kappa shape index (κ2) is 6.33. The van der Waals surface area contributed by atoms with E-state index in [1.54, 1.807) is 0 Å². The average Bonchev–Trinajstić information content (AvgIpc) is 3.07. The molecule has 9 nitrogen and oxygen atoms in total. The zero-order valence-corrected chi connectivity index (χ0v) is 14.5. The first-order valence-corrected chi connectivity index (χ1v) is 9.50. The second-order valence-corrected chi connectivity index (χ2v) is 8.30. The molecule has 7 unspecified atom stereocenters. The molecular weight excluding hydrogens is 401 g/mol. The van der Waals surface area contributed by atoms with Crippen molar-refractivity contribution in [2.45, 2.75) is 37.8 Å². The molecule has 1 aliphatic heterocycles. The Bertz CT molecular complexity index is 777. The van der Waals surface area contributed by atoms with Gasteiger partial charge in [0.1, 0.15) is 18.0 Å². The first-order valence-electron chi connectivity index (χ1n) is 7.89. The fourth-order valence-corrected chi connectivity index (χ4v) is 4.91. The van der Waals surface area contributed by atoms with Crippen LogP contribution in [0, 0.1) is 23.7 Å². The van der Waals surface area contributed by atoms with Crippen LogP contribution in [0.3, 0.4) is 0 Å². The number of fused-ring (bicyclic) bond motifs is 1. The number of hydrogen-bond acceptors (Lipinski definition) is 8. The minimum absolute atomic E-state index is 0.216. The molecule has 1 heterocycles. The Labute approximate surface area is 150 Å². The zero-order chi connectivity index (χ0) is 20.3. The topological polar surface area (TPSA) is 133 Å². The van der Waals surface area contributed by atoms with Gasteiger partial charge in [-0.15, -0.1) is 0 Å². The highest BCUT2D eigenvalue weighted by molar-refractivity contribution is 7.85. The van der Waals surface area contributed by atoms with E-state index in [4.69, 9.17) is 14.0 Å². The standard InChI is InChI=1S/C14H15F3O9S/c1-4(18)24-10-5-2-6-9(13(20)26-11(6)10)8(5)12(19)25-7(14(15,16)17)3-27(21,22)23/h5-11H,2-3H2,1H3,(H,21,22,23). The molecule has 3 rings (SSSR count). The van der Waals surface area contributed by atoms with Gasteiger partial charge in [-0.05, 0) is 6.42 Å². The van der Waals surface area contributed by atoms with Crippen molar-refractivity contribution < 1.29 is 54.7 Å². The van der Waals surface area contributed by atoms with E-state index >= 15 is 0 Å². The summed E-state index contributed by atoms with van der Waals surface area (Å²) >= 11 is 0. The van der Waals surface area contributed by atoms with Crippen molar-refractivity contribution in [3.63, 3.8) is 0 Å². The largest absolute Gasteiger partial charge is 0.458 e. The van der Waals surface area contributed by atoms with Gasteiger partial charge in [-0.2, -0.15) is 21.6 Å². The Balaban J connectivity index is 1.83. The lowest BCUT2D eigenvalue weighted by Crippen LogP contribution is -2.46.